The lowest BCUT2D eigenvalue weighted by atomic mass is 10.2. The number of hydrogen-bond donors (Lipinski definition) is 1. The zero-order valence-corrected chi connectivity index (χ0v) is 17.7. The number of nitrogens with one attached hydrogen (secondary N) is 1. The second kappa shape index (κ2) is 10.1. The molecule has 0 saturated carbocycles. The molecular formula is C22H21ClN2O3S. The summed E-state index contributed by atoms with van der Waals surface area (Å²) in [6.07, 6.45) is 3.19. The zero-order chi connectivity index (χ0) is 20.6. The molecule has 0 radical (unpaired) electrons. The smallest absolute Gasteiger partial charge is 0.250 e. The van der Waals surface area contributed by atoms with E-state index < -0.39 is 0 Å². The molecule has 7 heteroatoms. The number of aromatic nitrogens is 1. The number of halogens is 1. The van der Waals surface area contributed by atoms with Crippen molar-refractivity contribution in [3.05, 3.63) is 64.5 Å². The summed E-state index contributed by atoms with van der Waals surface area (Å²) in [5.41, 5.74) is 2.58. The Hall–Kier alpha value is -2.83. The fourth-order valence-corrected chi connectivity index (χ4v) is 3.42. The third kappa shape index (κ3) is 5.82. The van der Waals surface area contributed by atoms with Gasteiger partial charge in [-0.2, -0.15) is 0 Å². The van der Waals surface area contributed by atoms with Gasteiger partial charge in [0.25, 0.3) is 0 Å². The summed E-state index contributed by atoms with van der Waals surface area (Å²) in [4.78, 5) is 16.7. The van der Waals surface area contributed by atoms with Gasteiger partial charge in [-0.3, -0.25) is 10.1 Å². The van der Waals surface area contributed by atoms with Gasteiger partial charge in [0, 0.05) is 22.0 Å². The average Bonchev–Trinajstić information content (AvgIpc) is 3.17. The molecule has 2 aromatic carbocycles. The first-order valence-electron chi connectivity index (χ1n) is 9.19. The highest BCUT2D eigenvalue weighted by atomic mass is 35.5. The van der Waals surface area contributed by atoms with Crippen LogP contribution in [0.2, 0.25) is 5.02 Å². The monoisotopic (exact) mass is 428 g/mol. The predicted octanol–water partition coefficient (Wildman–Crippen LogP) is 5.91. The molecule has 1 aromatic heterocycles. The van der Waals surface area contributed by atoms with E-state index in [0.717, 1.165) is 16.8 Å². The summed E-state index contributed by atoms with van der Waals surface area (Å²) in [5.74, 6) is 1.09. The van der Waals surface area contributed by atoms with Crippen LogP contribution in [0.15, 0.2) is 53.9 Å². The van der Waals surface area contributed by atoms with Crippen molar-refractivity contribution in [2.24, 2.45) is 0 Å². The van der Waals surface area contributed by atoms with Gasteiger partial charge in [-0.1, -0.05) is 29.8 Å². The van der Waals surface area contributed by atoms with E-state index in [2.05, 4.69) is 10.3 Å². The number of thiazole rings is 1. The Balaban J connectivity index is 1.65. The molecule has 0 spiro atoms. The Morgan fingerprint density at radius 1 is 1.10 bits per heavy atom. The predicted molar refractivity (Wildman–Crippen MR) is 119 cm³/mol. The molecule has 1 N–H and O–H groups in total. The van der Waals surface area contributed by atoms with E-state index in [-0.39, 0.29) is 5.91 Å². The number of carbonyl (C=O) groups is 1. The molecule has 5 nitrogen and oxygen atoms in total. The molecule has 3 aromatic rings. The number of ether oxygens (including phenoxy) is 2. The molecular weight excluding hydrogens is 408 g/mol. The number of nitrogens with zero attached hydrogens (tertiary/aromatic N) is 1. The molecule has 0 atom stereocenters. The molecule has 0 aliphatic carbocycles. The van der Waals surface area contributed by atoms with Crippen molar-refractivity contribution in [3.63, 3.8) is 0 Å². The minimum Gasteiger partial charge on any atom is -0.490 e. The first kappa shape index (κ1) is 20.9. The van der Waals surface area contributed by atoms with E-state index in [1.165, 1.54) is 17.4 Å². The van der Waals surface area contributed by atoms with Crippen LogP contribution in [0.1, 0.15) is 19.4 Å². The van der Waals surface area contributed by atoms with Gasteiger partial charge in [-0.15, -0.1) is 11.3 Å². The number of hydrogen-bond acceptors (Lipinski definition) is 5. The van der Waals surface area contributed by atoms with Crippen molar-refractivity contribution in [1.29, 1.82) is 0 Å². The van der Waals surface area contributed by atoms with Crippen LogP contribution in [0.5, 0.6) is 11.5 Å². The maximum Gasteiger partial charge on any atom is 0.250 e. The summed E-state index contributed by atoms with van der Waals surface area (Å²) in [6, 6.07) is 13.0. The van der Waals surface area contributed by atoms with Crippen LogP contribution in [0.25, 0.3) is 17.3 Å². The molecule has 1 amide bonds. The number of rotatable bonds is 8. The third-order valence-electron chi connectivity index (χ3n) is 3.87. The molecule has 0 saturated heterocycles. The number of carbonyl (C=O) groups excluding carboxylic acids is 1. The maximum absolute atomic E-state index is 12.3. The number of benzene rings is 2. The van der Waals surface area contributed by atoms with Crippen molar-refractivity contribution >= 4 is 40.1 Å². The summed E-state index contributed by atoms with van der Waals surface area (Å²) in [6.45, 7) is 4.93. The quantitative estimate of drug-likeness (QED) is 0.453. The number of amides is 1. The van der Waals surface area contributed by atoms with Gasteiger partial charge in [-0.05, 0) is 49.8 Å². The Labute approximate surface area is 179 Å². The fourth-order valence-electron chi connectivity index (χ4n) is 2.57. The Morgan fingerprint density at radius 2 is 1.83 bits per heavy atom. The SMILES string of the molecule is CCOc1ccc(/C=C/C(=O)Nc2nc(-c3ccc(Cl)cc3)cs2)cc1OCC. The van der Waals surface area contributed by atoms with Gasteiger partial charge in [0.15, 0.2) is 16.6 Å². The standard InChI is InChI=1S/C22H21ClN2O3S/c1-3-27-19-11-5-15(13-20(19)28-4-2)6-12-21(26)25-22-24-18(14-29-22)16-7-9-17(23)10-8-16/h5-14H,3-4H2,1-2H3,(H,24,25,26)/b12-6+. The molecule has 1 heterocycles. The van der Waals surface area contributed by atoms with E-state index in [9.17, 15) is 4.79 Å². The zero-order valence-electron chi connectivity index (χ0n) is 16.1. The minimum atomic E-state index is -0.256. The second-order valence-corrected chi connectivity index (χ2v) is 7.23. The van der Waals surface area contributed by atoms with Crippen molar-refractivity contribution in [1.82, 2.24) is 4.98 Å². The summed E-state index contributed by atoms with van der Waals surface area (Å²) in [7, 11) is 0. The highest BCUT2D eigenvalue weighted by Gasteiger charge is 2.08. The Bertz CT molecular complexity index is 1000. The van der Waals surface area contributed by atoms with Gasteiger partial charge in [-0.25, -0.2) is 4.98 Å². The number of anilines is 1. The topological polar surface area (TPSA) is 60.5 Å². The molecule has 0 bridgehead atoms. The fraction of sp³-hybridized carbons (Fsp3) is 0.182. The van der Waals surface area contributed by atoms with Crippen LogP contribution in [-0.2, 0) is 4.79 Å². The summed E-state index contributed by atoms with van der Waals surface area (Å²) in [5, 5.41) is 5.88. The molecule has 3 rings (SSSR count). The van der Waals surface area contributed by atoms with Crippen LogP contribution in [-0.4, -0.2) is 24.1 Å². The van der Waals surface area contributed by atoms with Crippen molar-refractivity contribution in [3.8, 4) is 22.8 Å². The van der Waals surface area contributed by atoms with Gasteiger partial charge in [0.1, 0.15) is 0 Å². The van der Waals surface area contributed by atoms with E-state index in [0.29, 0.717) is 34.9 Å². The van der Waals surface area contributed by atoms with Crippen LogP contribution in [0, 0.1) is 0 Å². The summed E-state index contributed by atoms with van der Waals surface area (Å²) >= 11 is 7.28. The average molecular weight is 429 g/mol. The van der Waals surface area contributed by atoms with Crippen molar-refractivity contribution in [2.45, 2.75) is 13.8 Å². The van der Waals surface area contributed by atoms with E-state index in [1.54, 1.807) is 6.08 Å². The van der Waals surface area contributed by atoms with Crippen molar-refractivity contribution < 1.29 is 14.3 Å². The van der Waals surface area contributed by atoms with Crippen LogP contribution >= 0.6 is 22.9 Å². The molecule has 150 valence electrons. The van der Waals surface area contributed by atoms with Crippen molar-refractivity contribution in [2.75, 3.05) is 18.5 Å². The third-order valence-corrected chi connectivity index (χ3v) is 4.88. The lowest BCUT2D eigenvalue weighted by Gasteiger charge is -2.11. The Morgan fingerprint density at radius 3 is 2.55 bits per heavy atom. The normalized spacial score (nSPS) is 10.9. The molecule has 0 aliphatic heterocycles. The van der Waals surface area contributed by atoms with E-state index >= 15 is 0 Å². The van der Waals surface area contributed by atoms with Crippen LogP contribution in [0.4, 0.5) is 5.13 Å². The van der Waals surface area contributed by atoms with E-state index in [4.69, 9.17) is 21.1 Å². The lowest BCUT2D eigenvalue weighted by Crippen LogP contribution is -2.07. The largest absolute Gasteiger partial charge is 0.490 e. The van der Waals surface area contributed by atoms with Gasteiger partial charge in [0.2, 0.25) is 5.91 Å². The van der Waals surface area contributed by atoms with E-state index in [1.807, 2.05) is 61.7 Å². The highest BCUT2D eigenvalue weighted by molar-refractivity contribution is 7.14. The first-order valence-corrected chi connectivity index (χ1v) is 10.4. The Kier molecular flexibility index (Phi) is 7.27. The van der Waals surface area contributed by atoms with Crippen LogP contribution < -0.4 is 14.8 Å². The molecule has 29 heavy (non-hydrogen) atoms. The first-order chi connectivity index (χ1) is 14.1. The van der Waals surface area contributed by atoms with Gasteiger partial charge in [0.05, 0.1) is 18.9 Å². The van der Waals surface area contributed by atoms with Crippen LogP contribution in [0.3, 0.4) is 0 Å². The molecule has 0 aliphatic rings. The summed E-state index contributed by atoms with van der Waals surface area (Å²) < 4.78 is 11.2. The minimum absolute atomic E-state index is 0.256. The van der Waals surface area contributed by atoms with Gasteiger partial charge >= 0.3 is 0 Å². The molecule has 0 fully saturated rings. The van der Waals surface area contributed by atoms with Gasteiger partial charge < -0.3 is 9.47 Å². The molecule has 0 unspecified atom stereocenters. The second-order valence-electron chi connectivity index (χ2n) is 5.94. The lowest BCUT2D eigenvalue weighted by molar-refractivity contribution is -0.111. The maximum atomic E-state index is 12.3. The highest BCUT2D eigenvalue weighted by Crippen LogP contribution is 2.29.